The first-order chi connectivity index (χ1) is 12.1. The first-order valence-electron chi connectivity index (χ1n) is 8.32. The molecule has 0 radical (unpaired) electrons. The molecule has 0 spiro atoms. The number of nitrogens with zero attached hydrogens (tertiary/aromatic N) is 1. The molecule has 0 saturated carbocycles. The van der Waals surface area contributed by atoms with Crippen LogP contribution < -0.4 is 10.6 Å². The van der Waals surface area contributed by atoms with Gasteiger partial charge in [0.25, 0.3) is 0 Å². The standard InChI is InChI=1S/C19H23F2N3O.HI/c1-2-22-19(24-13-15-12-16(20)7-10-18(15)21)23-11-3-4-14-5-8-17(25)9-6-14;/h5-10,12,25H,2-4,11,13H2,1H3,(H2,22,23,24);1H. The summed E-state index contributed by atoms with van der Waals surface area (Å²) < 4.78 is 26.8. The van der Waals surface area contributed by atoms with Gasteiger partial charge >= 0.3 is 0 Å². The fourth-order valence-electron chi connectivity index (χ4n) is 2.33. The molecule has 0 amide bonds. The van der Waals surface area contributed by atoms with Crippen LogP contribution in [0.25, 0.3) is 0 Å². The summed E-state index contributed by atoms with van der Waals surface area (Å²) in [6.45, 7) is 3.38. The molecule has 0 saturated heterocycles. The van der Waals surface area contributed by atoms with E-state index in [0.29, 0.717) is 19.0 Å². The number of nitrogens with one attached hydrogen (secondary N) is 2. The first kappa shape index (κ1) is 22.1. The Hall–Kier alpha value is -1.90. The van der Waals surface area contributed by atoms with Crippen LogP contribution in [0.5, 0.6) is 5.75 Å². The Morgan fingerprint density at radius 3 is 2.50 bits per heavy atom. The van der Waals surface area contributed by atoms with Gasteiger partial charge in [0, 0.05) is 18.7 Å². The molecule has 0 atom stereocenters. The van der Waals surface area contributed by atoms with E-state index in [4.69, 9.17) is 0 Å². The molecule has 4 nitrogen and oxygen atoms in total. The number of phenols is 1. The lowest BCUT2D eigenvalue weighted by Crippen LogP contribution is -2.37. The van der Waals surface area contributed by atoms with E-state index in [1.54, 1.807) is 12.1 Å². The van der Waals surface area contributed by atoms with Gasteiger partial charge < -0.3 is 15.7 Å². The SMILES string of the molecule is CCNC(=NCc1cc(F)ccc1F)NCCCc1ccc(O)cc1.I. The van der Waals surface area contributed by atoms with Gasteiger partial charge in [0.2, 0.25) is 0 Å². The molecule has 0 bridgehead atoms. The van der Waals surface area contributed by atoms with Crippen LogP contribution in [0.2, 0.25) is 0 Å². The number of benzene rings is 2. The molecule has 0 aromatic heterocycles. The monoisotopic (exact) mass is 475 g/mol. The van der Waals surface area contributed by atoms with Gasteiger partial charge in [0.15, 0.2) is 5.96 Å². The van der Waals surface area contributed by atoms with E-state index >= 15 is 0 Å². The van der Waals surface area contributed by atoms with Crippen molar-refractivity contribution in [2.45, 2.75) is 26.3 Å². The normalized spacial score (nSPS) is 11.0. The summed E-state index contributed by atoms with van der Waals surface area (Å²) in [6, 6.07) is 10.5. The number of phenolic OH excluding ortho intramolecular Hbond substituents is 1. The molecule has 0 fully saturated rings. The maximum Gasteiger partial charge on any atom is 0.191 e. The highest BCUT2D eigenvalue weighted by molar-refractivity contribution is 14.0. The summed E-state index contributed by atoms with van der Waals surface area (Å²) in [7, 11) is 0. The molecular formula is C19H24F2IN3O. The van der Waals surface area contributed by atoms with E-state index in [2.05, 4.69) is 15.6 Å². The molecule has 2 aromatic rings. The molecule has 2 rings (SSSR count). The Morgan fingerprint density at radius 2 is 1.81 bits per heavy atom. The Bertz CT molecular complexity index is 708. The number of guanidine groups is 1. The van der Waals surface area contributed by atoms with Crippen LogP contribution in [0.15, 0.2) is 47.5 Å². The molecule has 142 valence electrons. The lowest BCUT2D eigenvalue weighted by molar-refractivity contribution is 0.475. The van der Waals surface area contributed by atoms with Gasteiger partial charge in [-0.25, -0.2) is 13.8 Å². The lowest BCUT2D eigenvalue weighted by atomic mass is 10.1. The largest absolute Gasteiger partial charge is 0.508 e. The fraction of sp³-hybridized carbons (Fsp3) is 0.316. The smallest absolute Gasteiger partial charge is 0.191 e. The summed E-state index contributed by atoms with van der Waals surface area (Å²) in [5.41, 5.74) is 1.37. The highest BCUT2D eigenvalue weighted by atomic mass is 127. The third kappa shape index (κ3) is 7.55. The van der Waals surface area contributed by atoms with Crippen molar-refractivity contribution in [1.29, 1.82) is 0 Å². The first-order valence-corrected chi connectivity index (χ1v) is 8.32. The molecule has 0 aliphatic heterocycles. The Balaban J connectivity index is 0.00000338. The van der Waals surface area contributed by atoms with Crippen molar-refractivity contribution in [3.8, 4) is 5.75 Å². The second-order valence-corrected chi connectivity index (χ2v) is 5.63. The van der Waals surface area contributed by atoms with Crippen LogP contribution in [-0.4, -0.2) is 24.2 Å². The Kier molecular flexibility index (Phi) is 9.93. The average Bonchev–Trinajstić information content (AvgIpc) is 2.60. The lowest BCUT2D eigenvalue weighted by Gasteiger charge is -2.11. The molecular weight excluding hydrogens is 451 g/mol. The molecule has 0 heterocycles. The zero-order valence-electron chi connectivity index (χ0n) is 14.6. The van der Waals surface area contributed by atoms with Crippen molar-refractivity contribution in [3.63, 3.8) is 0 Å². The summed E-state index contributed by atoms with van der Waals surface area (Å²) >= 11 is 0. The quantitative estimate of drug-likeness (QED) is 0.246. The second-order valence-electron chi connectivity index (χ2n) is 5.63. The Labute approximate surface area is 169 Å². The van der Waals surface area contributed by atoms with Crippen LogP contribution in [0.3, 0.4) is 0 Å². The summed E-state index contributed by atoms with van der Waals surface area (Å²) in [5, 5.41) is 15.5. The molecule has 7 heteroatoms. The number of aryl methyl sites for hydroxylation is 1. The summed E-state index contributed by atoms with van der Waals surface area (Å²) in [6.07, 6.45) is 1.74. The van der Waals surface area contributed by atoms with Crippen LogP contribution in [-0.2, 0) is 13.0 Å². The second kappa shape index (κ2) is 11.7. The number of aliphatic imine (C=N–C) groups is 1. The third-order valence-electron chi connectivity index (χ3n) is 3.63. The van der Waals surface area contributed by atoms with E-state index in [1.807, 2.05) is 19.1 Å². The number of halogens is 3. The van der Waals surface area contributed by atoms with Crippen LogP contribution in [0.1, 0.15) is 24.5 Å². The third-order valence-corrected chi connectivity index (χ3v) is 3.63. The van der Waals surface area contributed by atoms with E-state index in [0.717, 1.165) is 36.6 Å². The minimum Gasteiger partial charge on any atom is -0.508 e. The zero-order chi connectivity index (χ0) is 18.1. The number of aromatic hydroxyl groups is 1. The Morgan fingerprint density at radius 1 is 1.08 bits per heavy atom. The molecule has 0 unspecified atom stereocenters. The van der Waals surface area contributed by atoms with E-state index in [1.165, 1.54) is 0 Å². The zero-order valence-corrected chi connectivity index (χ0v) is 17.0. The van der Waals surface area contributed by atoms with Crippen LogP contribution in [0, 0.1) is 11.6 Å². The minimum absolute atomic E-state index is 0. The van der Waals surface area contributed by atoms with Gasteiger partial charge in [-0.2, -0.15) is 0 Å². The summed E-state index contributed by atoms with van der Waals surface area (Å²) in [4.78, 5) is 4.30. The van der Waals surface area contributed by atoms with Crippen molar-refractivity contribution in [1.82, 2.24) is 10.6 Å². The number of hydrogen-bond acceptors (Lipinski definition) is 2. The maximum atomic E-state index is 13.6. The highest BCUT2D eigenvalue weighted by Crippen LogP contribution is 2.11. The van der Waals surface area contributed by atoms with Gasteiger partial charge in [-0.15, -0.1) is 24.0 Å². The topological polar surface area (TPSA) is 56.7 Å². The molecule has 0 aliphatic carbocycles. The predicted octanol–water partition coefficient (Wildman–Crippen LogP) is 3.98. The van der Waals surface area contributed by atoms with Gasteiger partial charge in [-0.05, 0) is 55.7 Å². The van der Waals surface area contributed by atoms with Crippen LogP contribution in [0.4, 0.5) is 8.78 Å². The van der Waals surface area contributed by atoms with Crippen molar-refractivity contribution >= 4 is 29.9 Å². The van der Waals surface area contributed by atoms with Gasteiger partial charge in [0.05, 0.1) is 6.54 Å². The van der Waals surface area contributed by atoms with Gasteiger partial charge in [-0.1, -0.05) is 12.1 Å². The maximum absolute atomic E-state index is 13.6. The predicted molar refractivity (Wildman–Crippen MR) is 111 cm³/mol. The van der Waals surface area contributed by atoms with Crippen molar-refractivity contribution in [2.24, 2.45) is 4.99 Å². The fourth-order valence-corrected chi connectivity index (χ4v) is 2.33. The summed E-state index contributed by atoms with van der Waals surface area (Å²) in [5.74, 6) is -0.114. The molecule has 0 aliphatic rings. The van der Waals surface area contributed by atoms with Crippen LogP contribution >= 0.6 is 24.0 Å². The number of hydrogen-bond donors (Lipinski definition) is 3. The minimum atomic E-state index is -0.474. The average molecular weight is 475 g/mol. The molecule has 2 aromatic carbocycles. The van der Waals surface area contributed by atoms with Crippen molar-refractivity contribution in [2.75, 3.05) is 13.1 Å². The van der Waals surface area contributed by atoms with E-state index in [-0.39, 0.29) is 41.8 Å². The van der Waals surface area contributed by atoms with Gasteiger partial charge in [0.1, 0.15) is 17.4 Å². The number of rotatable bonds is 7. The molecule has 3 N–H and O–H groups in total. The van der Waals surface area contributed by atoms with E-state index in [9.17, 15) is 13.9 Å². The highest BCUT2D eigenvalue weighted by Gasteiger charge is 2.04. The van der Waals surface area contributed by atoms with Crippen molar-refractivity contribution in [3.05, 3.63) is 65.2 Å². The molecule has 26 heavy (non-hydrogen) atoms. The van der Waals surface area contributed by atoms with Gasteiger partial charge in [-0.3, -0.25) is 0 Å². The van der Waals surface area contributed by atoms with Crippen molar-refractivity contribution < 1.29 is 13.9 Å². The van der Waals surface area contributed by atoms with E-state index < -0.39 is 11.6 Å².